The topological polar surface area (TPSA) is 52.0 Å². The number of hydrogen-bond acceptors (Lipinski definition) is 3. The van der Waals surface area contributed by atoms with Gasteiger partial charge in [-0.25, -0.2) is 0 Å². The third kappa shape index (κ3) is 4.02. The van der Waals surface area contributed by atoms with E-state index in [4.69, 9.17) is 4.74 Å². The van der Waals surface area contributed by atoms with E-state index in [9.17, 15) is 22.4 Å². The highest BCUT2D eigenvalue weighted by Gasteiger charge is 2.63. The Morgan fingerprint density at radius 3 is 2.37 bits per heavy atom. The van der Waals surface area contributed by atoms with Crippen molar-refractivity contribution >= 4 is 5.91 Å². The second-order valence-electron chi connectivity index (χ2n) is 4.17. The quantitative estimate of drug-likeness (QED) is 0.631. The minimum atomic E-state index is -5.41. The SMILES string of the molecule is CO[C@](F)(C(=O)NCC[NH+]1CCOCC1)C(F)(F)F. The number of carbonyl (C=O) groups is 1. The van der Waals surface area contributed by atoms with E-state index in [1.807, 2.05) is 5.32 Å². The lowest BCUT2D eigenvalue weighted by molar-refractivity contribution is -0.906. The number of amides is 1. The Kier molecular flexibility index (Phi) is 5.50. The summed E-state index contributed by atoms with van der Waals surface area (Å²) >= 11 is 0. The lowest BCUT2D eigenvalue weighted by Crippen LogP contribution is -3.14. The van der Waals surface area contributed by atoms with Crippen LogP contribution in [0.15, 0.2) is 0 Å². The molecule has 1 saturated heterocycles. The lowest BCUT2D eigenvalue weighted by Gasteiger charge is -2.26. The zero-order valence-corrected chi connectivity index (χ0v) is 10.5. The van der Waals surface area contributed by atoms with Gasteiger partial charge in [-0.15, -0.1) is 0 Å². The molecule has 0 aromatic rings. The van der Waals surface area contributed by atoms with E-state index in [1.165, 1.54) is 0 Å². The fourth-order valence-corrected chi connectivity index (χ4v) is 1.71. The van der Waals surface area contributed by atoms with Crippen LogP contribution < -0.4 is 10.2 Å². The fourth-order valence-electron chi connectivity index (χ4n) is 1.71. The smallest absolute Gasteiger partial charge is 0.370 e. The molecule has 1 aliphatic rings. The molecule has 0 aliphatic carbocycles. The van der Waals surface area contributed by atoms with Gasteiger partial charge in [0.05, 0.1) is 26.3 Å². The van der Waals surface area contributed by atoms with Crippen LogP contribution in [0.4, 0.5) is 17.6 Å². The molecule has 0 spiro atoms. The van der Waals surface area contributed by atoms with Crippen molar-refractivity contribution in [3.8, 4) is 0 Å². The standard InChI is InChI=1S/C10H16F4N2O3/c1-18-9(11,10(12,13)14)8(17)15-2-3-16-4-6-19-7-5-16/h2-7H2,1H3,(H,15,17)/p+1/t9-/m1/s1. The zero-order valence-electron chi connectivity index (χ0n) is 10.5. The molecule has 112 valence electrons. The first-order valence-electron chi connectivity index (χ1n) is 5.81. The van der Waals surface area contributed by atoms with Gasteiger partial charge in [-0.1, -0.05) is 0 Å². The van der Waals surface area contributed by atoms with Crippen molar-refractivity contribution < 1.29 is 36.7 Å². The number of nitrogens with one attached hydrogen (secondary N) is 2. The number of alkyl halides is 4. The molecular formula is C10H17F4N2O3+. The van der Waals surface area contributed by atoms with Crippen LogP contribution in [0.2, 0.25) is 0 Å². The highest BCUT2D eigenvalue weighted by molar-refractivity contribution is 5.84. The Labute approximate surface area is 107 Å². The molecule has 0 saturated carbocycles. The molecule has 1 aliphatic heterocycles. The monoisotopic (exact) mass is 289 g/mol. The van der Waals surface area contributed by atoms with E-state index in [0.29, 0.717) is 40.0 Å². The Balaban J connectivity index is 2.41. The molecule has 0 bridgehead atoms. The van der Waals surface area contributed by atoms with Crippen molar-refractivity contribution in [1.82, 2.24) is 5.32 Å². The number of halogens is 4. The number of ether oxygens (including phenoxy) is 2. The average molecular weight is 289 g/mol. The van der Waals surface area contributed by atoms with Gasteiger partial charge in [-0.3, -0.25) is 4.79 Å². The normalized spacial score (nSPS) is 20.9. The largest absolute Gasteiger partial charge is 0.458 e. The van der Waals surface area contributed by atoms with Gasteiger partial charge in [0, 0.05) is 7.11 Å². The second-order valence-corrected chi connectivity index (χ2v) is 4.17. The first kappa shape index (κ1) is 16.1. The van der Waals surface area contributed by atoms with Crippen LogP contribution >= 0.6 is 0 Å². The number of quaternary nitrogens is 1. The molecule has 5 nitrogen and oxygen atoms in total. The summed E-state index contributed by atoms with van der Waals surface area (Å²) in [5, 5.41) is 1.91. The third-order valence-corrected chi connectivity index (χ3v) is 2.90. The van der Waals surface area contributed by atoms with Gasteiger partial charge in [-0.2, -0.15) is 17.6 Å². The zero-order chi connectivity index (χ0) is 14.5. The highest BCUT2D eigenvalue weighted by atomic mass is 19.4. The summed E-state index contributed by atoms with van der Waals surface area (Å²) in [5.41, 5.74) is 0. The summed E-state index contributed by atoms with van der Waals surface area (Å²) in [5.74, 6) is -6.12. The Morgan fingerprint density at radius 2 is 1.89 bits per heavy atom. The van der Waals surface area contributed by atoms with Crippen molar-refractivity contribution in [3.05, 3.63) is 0 Å². The predicted octanol–water partition coefficient (Wildman–Crippen LogP) is -1.11. The van der Waals surface area contributed by atoms with Crippen molar-refractivity contribution in [1.29, 1.82) is 0 Å². The molecule has 1 fully saturated rings. The lowest BCUT2D eigenvalue weighted by atomic mass is 10.2. The highest BCUT2D eigenvalue weighted by Crippen LogP contribution is 2.34. The van der Waals surface area contributed by atoms with E-state index in [1.54, 1.807) is 0 Å². The average Bonchev–Trinajstić information content (AvgIpc) is 2.37. The number of hydrogen-bond donors (Lipinski definition) is 2. The number of carbonyl (C=O) groups excluding carboxylic acids is 1. The first-order chi connectivity index (χ1) is 8.81. The third-order valence-electron chi connectivity index (χ3n) is 2.90. The predicted molar refractivity (Wildman–Crippen MR) is 56.3 cm³/mol. The summed E-state index contributed by atoms with van der Waals surface area (Å²) in [6.07, 6.45) is -5.41. The Hall–Kier alpha value is -0.930. The van der Waals surface area contributed by atoms with E-state index in [0.717, 1.165) is 4.90 Å². The minimum absolute atomic E-state index is 0.0563. The van der Waals surface area contributed by atoms with E-state index < -0.39 is 17.9 Å². The summed E-state index contributed by atoms with van der Waals surface area (Å²) in [6, 6.07) is 0. The summed E-state index contributed by atoms with van der Waals surface area (Å²) in [4.78, 5) is 12.3. The van der Waals surface area contributed by atoms with Crippen molar-refractivity contribution in [3.63, 3.8) is 0 Å². The van der Waals surface area contributed by atoms with Gasteiger partial charge in [-0.05, 0) is 0 Å². The van der Waals surface area contributed by atoms with E-state index >= 15 is 0 Å². The molecule has 19 heavy (non-hydrogen) atoms. The van der Waals surface area contributed by atoms with Gasteiger partial charge in [0.15, 0.2) is 0 Å². The molecule has 2 N–H and O–H groups in total. The van der Waals surface area contributed by atoms with E-state index in [2.05, 4.69) is 4.74 Å². The molecule has 0 unspecified atom stereocenters. The number of morpholine rings is 1. The van der Waals surface area contributed by atoms with Gasteiger partial charge < -0.3 is 19.7 Å². The van der Waals surface area contributed by atoms with Crippen molar-refractivity contribution in [2.75, 3.05) is 46.5 Å². The molecule has 1 atom stereocenters. The van der Waals surface area contributed by atoms with Gasteiger partial charge in [0.2, 0.25) is 0 Å². The summed E-state index contributed by atoms with van der Waals surface area (Å²) < 4.78 is 59.2. The maximum atomic E-state index is 13.4. The van der Waals surface area contributed by atoms with Crippen LogP contribution in [0, 0.1) is 0 Å². The van der Waals surface area contributed by atoms with Crippen LogP contribution in [-0.2, 0) is 14.3 Å². The number of rotatable bonds is 5. The van der Waals surface area contributed by atoms with Crippen LogP contribution in [0.5, 0.6) is 0 Å². The minimum Gasteiger partial charge on any atom is -0.370 e. The molecule has 0 aromatic carbocycles. The van der Waals surface area contributed by atoms with Crippen molar-refractivity contribution in [2.24, 2.45) is 0 Å². The van der Waals surface area contributed by atoms with Crippen molar-refractivity contribution in [2.45, 2.75) is 12.0 Å². The maximum Gasteiger partial charge on any atom is 0.458 e. The van der Waals surface area contributed by atoms with Crippen LogP contribution in [0.1, 0.15) is 0 Å². The molecule has 0 aromatic heterocycles. The van der Waals surface area contributed by atoms with Gasteiger partial charge >= 0.3 is 12.0 Å². The molecule has 1 rings (SSSR count). The first-order valence-corrected chi connectivity index (χ1v) is 5.81. The van der Waals surface area contributed by atoms with Gasteiger partial charge in [0.1, 0.15) is 13.1 Å². The summed E-state index contributed by atoms with van der Waals surface area (Å²) in [6.45, 7) is 2.90. The fraction of sp³-hybridized carbons (Fsp3) is 0.900. The second kappa shape index (κ2) is 6.49. The Morgan fingerprint density at radius 1 is 1.32 bits per heavy atom. The molecular weight excluding hydrogens is 272 g/mol. The maximum absolute atomic E-state index is 13.4. The molecule has 1 heterocycles. The summed E-state index contributed by atoms with van der Waals surface area (Å²) in [7, 11) is 0.500. The molecule has 1 amide bonds. The van der Waals surface area contributed by atoms with E-state index in [-0.39, 0.29) is 6.54 Å². The van der Waals surface area contributed by atoms with Gasteiger partial charge in [0.25, 0.3) is 5.91 Å². The number of methoxy groups -OCH3 is 1. The van der Waals surface area contributed by atoms with Crippen LogP contribution in [0.25, 0.3) is 0 Å². The van der Waals surface area contributed by atoms with Crippen LogP contribution in [0.3, 0.4) is 0 Å². The Bertz CT molecular complexity index is 308. The molecule has 9 heteroatoms. The molecule has 0 radical (unpaired) electrons. The van der Waals surface area contributed by atoms with Crippen LogP contribution in [-0.4, -0.2) is 64.4 Å².